The van der Waals surface area contributed by atoms with E-state index in [-0.39, 0.29) is 0 Å². The van der Waals surface area contributed by atoms with E-state index in [1.165, 1.54) is 0 Å². The van der Waals surface area contributed by atoms with Crippen molar-refractivity contribution in [3.8, 4) is 0 Å². The first-order valence-corrected chi connectivity index (χ1v) is 3.61. The Morgan fingerprint density at radius 3 is 0.429 bits per heavy atom. The Morgan fingerprint density at radius 2 is 0.429 bits per heavy atom. The Kier molecular flexibility index (Phi) is 1110. The zero-order valence-electron chi connectivity index (χ0n) is 6.41. The van der Waals surface area contributed by atoms with Crippen molar-refractivity contribution >= 4 is 0 Å². The van der Waals surface area contributed by atoms with Crippen LogP contribution in [0.4, 0.5) is 0 Å². The quantitative estimate of drug-likeness (QED) is 0.463. The molecule has 8 heteroatoms. The fraction of sp³-hybridized carbons (Fsp3) is 0. The van der Waals surface area contributed by atoms with Crippen LogP contribution in [0.3, 0.4) is 0 Å². The summed E-state index contributed by atoms with van der Waals surface area (Å²) in [5, 5.41) is 37.5. The summed E-state index contributed by atoms with van der Waals surface area (Å²) in [4.78, 5) is 0. The van der Waals surface area contributed by atoms with E-state index in [2.05, 4.69) is 27.3 Å². The molecule has 0 N–H and O–H groups in total. The van der Waals surface area contributed by atoms with Crippen molar-refractivity contribution in [3.05, 3.63) is 39.4 Å². The Hall–Kier alpha value is -2.02. The van der Waals surface area contributed by atoms with Gasteiger partial charge in [0.25, 0.3) is 0 Å². The third-order valence-corrected chi connectivity index (χ3v) is 0. The monoisotopic (exact) mass is 267 g/mol. The molecule has 0 saturated carbocycles. The summed E-state index contributed by atoms with van der Waals surface area (Å²) in [5.41, 5.74) is 0. The van der Waals surface area contributed by atoms with Gasteiger partial charge in [0.2, 0.25) is 0 Å². The Balaban J connectivity index is -0.00000000817. The summed E-state index contributed by atoms with van der Waals surface area (Å²) in [6.45, 7) is 28.5. The van der Waals surface area contributed by atoms with Gasteiger partial charge < -0.3 is 71.0 Å². The molecule has 0 aromatic heterocycles. The van der Waals surface area contributed by atoms with Crippen LogP contribution >= 0.6 is 0 Å². The SMILES string of the molecule is [C-]#N.[C-]#N.[C-]#N.[C-]#N.[C-]#N.[C-]#N.[Mn]=[Fe]. The molecule has 0 aromatic rings. The molecule has 0 saturated heterocycles. The molecule has 0 aliphatic carbocycles. The van der Waals surface area contributed by atoms with Crippen molar-refractivity contribution in [1.29, 1.82) is 31.6 Å². The molecule has 75 valence electrons. The normalized spacial score (nSPS) is 1.21. The first kappa shape index (κ1) is 58.2. The van der Waals surface area contributed by atoms with E-state index in [0.717, 1.165) is 0 Å². The second kappa shape index (κ2) is 268. The molecule has 0 radical (unpaired) electrons. The van der Waals surface area contributed by atoms with Crippen molar-refractivity contribution in [1.82, 2.24) is 0 Å². The summed E-state index contributed by atoms with van der Waals surface area (Å²) in [7, 11) is 0. The Labute approximate surface area is 98.3 Å². The van der Waals surface area contributed by atoms with E-state index < -0.39 is 0 Å². The van der Waals surface area contributed by atoms with Crippen molar-refractivity contribution in [2.75, 3.05) is 0 Å². The minimum atomic E-state index is 2.69. The molecule has 0 heterocycles. The molecule has 0 atom stereocenters. The van der Waals surface area contributed by atoms with Gasteiger partial charge in [0.1, 0.15) is 0 Å². The van der Waals surface area contributed by atoms with Gasteiger partial charge in [0.15, 0.2) is 0 Å². The Morgan fingerprint density at radius 1 is 0.429 bits per heavy atom. The fourth-order valence-electron chi connectivity index (χ4n) is 0. The molecular formula is C6FeMnN6-6. The maximum absolute atomic E-state index is 6.25. The number of hydrogen-bond donors (Lipinski definition) is 0. The minimum absolute atomic E-state index is 2.69. The van der Waals surface area contributed by atoms with Gasteiger partial charge in [-0.15, -0.1) is 0 Å². The van der Waals surface area contributed by atoms with Crippen LogP contribution in [0.25, 0.3) is 0 Å². The van der Waals surface area contributed by atoms with E-state index in [1.54, 1.807) is 0 Å². The van der Waals surface area contributed by atoms with Gasteiger partial charge >= 0.3 is 27.3 Å². The van der Waals surface area contributed by atoms with E-state index in [1.807, 2.05) is 0 Å². The van der Waals surface area contributed by atoms with Gasteiger partial charge in [-0.05, 0) is 0 Å². The molecule has 0 aliphatic rings. The van der Waals surface area contributed by atoms with E-state index >= 15 is 0 Å². The van der Waals surface area contributed by atoms with E-state index in [9.17, 15) is 0 Å². The molecular weight excluding hydrogens is 267 g/mol. The third-order valence-electron chi connectivity index (χ3n) is 0. The predicted octanol–water partition coefficient (Wildman–Crippen LogP) is 0.573. The third kappa shape index (κ3) is 197. The topological polar surface area (TPSA) is 143 Å². The van der Waals surface area contributed by atoms with Crippen molar-refractivity contribution in [2.45, 2.75) is 0 Å². The molecule has 14 heavy (non-hydrogen) atoms. The molecule has 0 amide bonds. The maximum atomic E-state index is 6.25. The summed E-state index contributed by atoms with van der Waals surface area (Å²) in [5.74, 6) is 0. The summed E-state index contributed by atoms with van der Waals surface area (Å²) >= 11 is 5.75. The number of rotatable bonds is 0. The van der Waals surface area contributed by atoms with Crippen molar-refractivity contribution < 1.29 is 27.3 Å². The van der Waals surface area contributed by atoms with Crippen LogP contribution in [-0.2, 0) is 27.3 Å². The van der Waals surface area contributed by atoms with E-state index in [4.69, 9.17) is 71.0 Å². The van der Waals surface area contributed by atoms with Gasteiger partial charge in [-0.25, -0.2) is 0 Å². The summed E-state index contributed by atoms with van der Waals surface area (Å²) < 4.78 is 0. The summed E-state index contributed by atoms with van der Waals surface area (Å²) in [6.07, 6.45) is 0. The molecule has 0 spiro atoms. The molecule has 0 unspecified atom stereocenters. The predicted molar refractivity (Wildman–Crippen MR) is 29.8 cm³/mol. The average molecular weight is 267 g/mol. The van der Waals surface area contributed by atoms with Crippen molar-refractivity contribution in [3.63, 3.8) is 0 Å². The number of hydrogen-bond acceptors (Lipinski definition) is 6. The van der Waals surface area contributed by atoms with Crippen molar-refractivity contribution in [2.24, 2.45) is 0 Å². The zero-order valence-corrected chi connectivity index (χ0v) is 8.70. The van der Waals surface area contributed by atoms with Crippen LogP contribution in [0.15, 0.2) is 0 Å². The van der Waals surface area contributed by atoms with Gasteiger partial charge in [0, 0.05) is 0 Å². The molecule has 0 rings (SSSR count). The van der Waals surface area contributed by atoms with Crippen LogP contribution in [0.2, 0.25) is 0 Å². The second-order valence-corrected chi connectivity index (χ2v) is 0. The van der Waals surface area contributed by atoms with Crippen LogP contribution in [0.1, 0.15) is 0 Å². The molecule has 6 nitrogen and oxygen atoms in total. The van der Waals surface area contributed by atoms with Crippen LogP contribution < -0.4 is 0 Å². The molecule has 0 bridgehead atoms. The van der Waals surface area contributed by atoms with Gasteiger partial charge in [-0.2, -0.15) is 0 Å². The first-order chi connectivity index (χ1) is 7.00. The van der Waals surface area contributed by atoms with E-state index in [0.29, 0.717) is 0 Å². The van der Waals surface area contributed by atoms with Crippen LogP contribution in [0.5, 0.6) is 0 Å². The first-order valence-electron chi connectivity index (χ1n) is 1.48. The van der Waals surface area contributed by atoms with Gasteiger partial charge in [0.05, 0.1) is 0 Å². The zero-order chi connectivity index (χ0) is 14.0. The van der Waals surface area contributed by atoms with Crippen LogP contribution in [0, 0.1) is 71.0 Å². The van der Waals surface area contributed by atoms with Gasteiger partial charge in [-0.3, -0.25) is 0 Å². The Bertz CT molecular complexity index is 109. The van der Waals surface area contributed by atoms with Crippen LogP contribution in [-0.4, -0.2) is 0 Å². The molecule has 0 fully saturated rings. The summed E-state index contributed by atoms with van der Waals surface area (Å²) in [6, 6.07) is 0. The standard InChI is InChI=1S/6CN.Fe.Mn/c6*1-2;;/q6*-1;;. The molecule has 0 aliphatic heterocycles. The average Bonchev–Trinajstić information content (AvgIpc) is 2.45. The number of nitrogens with zero attached hydrogens (tertiary/aromatic N) is 6. The second-order valence-electron chi connectivity index (χ2n) is 0. The van der Waals surface area contributed by atoms with Gasteiger partial charge in [-0.1, -0.05) is 0 Å². The fourth-order valence-corrected chi connectivity index (χ4v) is 0. The molecule has 0 aromatic carbocycles.